The van der Waals surface area contributed by atoms with Crippen LogP contribution in [0.25, 0.3) is 0 Å². The fraction of sp³-hybridized carbons (Fsp3) is 0.158. The molecule has 0 spiro atoms. The molecule has 0 saturated carbocycles. The molecule has 0 fully saturated rings. The lowest BCUT2D eigenvalue weighted by atomic mass is 10.1. The van der Waals surface area contributed by atoms with Crippen LogP contribution in [0.4, 0.5) is 19.7 Å². The van der Waals surface area contributed by atoms with Gasteiger partial charge in [0.25, 0.3) is 0 Å². The third-order valence-electron chi connectivity index (χ3n) is 3.36. The molecule has 0 saturated heterocycles. The van der Waals surface area contributed by atoms with E-state index in [0.29, 0.717) is 0 Å². The lowest BCUT2D eigenvalue weighted by Gasteiger charge is -2.02. The van der Waals surface area contributed by atoms with Crippen molar-refractivity contribution >= 4 is 40.3 Å². The molecule has 0 amide bonds. The summed E-state index contributed by atoms with van der Waals surface area (Å²) < 4.78 is 32.5. The number of rotatable bonds is 8. The van der Waals surface area contributed by atoms with Crippen molar-refractivity contribution in [3.05, 3.63) is 64.3 Å². The normalized spacial score (nSPS) is 11.9. The molecule has 29 heavy (non-hydrogen) atoms. The Morgan fingerprint density at radius 1 is 1.34 bits per heavy atom. The number of nitrogens with zero attached hydrogens (tertiary/aromatic N) is 2. The summed E-state index contributed by atoms with van der Waals surface area (Å²) in [6.45, 7) is 3.56. The Bertz CT molecular complexity index is 979. The molecule has 7 nitrogen and oxygen atoms in total. The summed E-state index contributed by atoms with van der Waals surface area (Å²) in [5.41, 5.74) is 5.13. The molecule has 0 aliphatic heterocycles. The van der Waals surface area contributed by atoms with Crippen molar-refractivity contribution in [1.82, 2.24) is 4.98 Å². The minimum atomic E-state index is -0.981. The fourth-order valence-electron chi connectivity index (χ4n) is 2.15. The summed E-state index contributed by atoms with van der Waals surface area (Å²) in [7, 11) is 0. The molecule has 0 atom stereocenters. The number of nitrogens with one attached hydrogen (secondary N) is 1. The zero-order valence-electron chi connectivity index (χ0n) is 15.6. The monoisotopic (exact) mass is 420 g/mol. The van der Waals surface area contributed by atoms with Gasteiger partial charge in [0.05, 0.1) is 12.2 Å². The van der Waals surface area contributed by atoms with Gasteiger partial charge in [-0.1, -0.05) is 17.4 Å². The average Bonchev–Trinajstić information content (AvgIpc) is 3.04. The number of carbonyl (C=O) groups is 2. The largest absolute Gasteiger partial charge is 0.461 e. The van der Waals surface area contributed by atoms with Gasteiger partial charge in [-0.15, -0.1) is 0 Å². The zero-order chi connectivity index (χ0) is 21.4. The highest BCUT2D eigenvalue weighted by Crippen LogP contribution is 2.29. The standard InChI is InChI=1S/C19H18F2N4O3S/c1-3-23-13(18(27)28-4-2)9-6-10-24-19-25-17(22)16(29-19)15(26)14-11(20)7-5-8-12(14)21/h3,5-10H,4,22H2,1-2H3,(H,24,25)/b10-6+,13-9-,23-3?. The van der Waals surface area contributed by atoms with Crippen LogP contribution in [0.5, 0.6) is 0 Å². The Labute approximate surface area is 169 Å². The van der Waals surface area contributed by atoms with Gasteiger partial charge in [-0.05, 0) is 38.1 Å². The van der Waals surface area contributed by atoms with Crippen molar-refractivity contribution in [3.8, 4) is 0 Å². The number of esters is 1. The van der Waals surface area contributed by atoms with Gasteiger partial charge in [0.1, 0.15) is 28.0 Å². The number of carbonyl (C=O) groups excluding carboxylic acids is 2. The second kappa shape index (κ2) is 10.2. The summed E-state index contributed by atoms with van der Waals surface area (Å²) in [5.74, 6) is -3.59. The van der Waals surface area contributed by atoms with Crippen LogP contribution >= 0.6 is 11.3 Å². The maximum Gasteiger partial charge on any atom is 0.356 e. The van der Waals surface area contributed by atoms with Gasteiger partial charge in [0.2, 0.25) is 5.78 Å². The van der Waals surface area contributed by atoms with E-state index in [1.165, 1.54) is 24.6 Å². The number of thiazole rings is 1. The van der Waals surface area contributed by atoms with Gasteiger partial charge in [-0.25, -0.2) is 18.6 Å². The van der Waals surface area contributed by atoms with Crippen LogP contribution in [0.3, 0.4) is 0 Å². The first-order chi connectivity index (χ1) is 13.9. The number of nitrogens with two attached hydrogens (primary N) is 1. The minimum Gasteiger partial charge on any atom is -0.461 e. The third kappa shape index (κ3) is 5.55. The van der Waals surface area contributed by atoms with Crippen LogP contribution in [-0.4, -0.2) is 29.6 Å². The van der Waals surface area contributed by atoms with Crippen molar-refractivity contribution in [2.75, 3.05) is 17.7 Å². The number of aromatic nitrogens is 1. The Hall–Kier alpha value is -3.40. The van der Waals surface area contributed by atoms with Crippen molar-refractivity contribution in [2.45, 2.75) is 13.8 Å². The maximum atomic E-state index is 13.8. The smallest absolute Gasteiger partial charge is 0.356 e. The molecule has 1 aromatic heterocycles. The summed E-state index contributed by atoms with van der Waals surface area (Å²) in [4.78, 5) is 31.9. The SMILES string of the molecule is CC=N/C(=C\C=C\Nc1nc(N)c(C(=O)c2c(F)cccc2F)s1)C(=O)OCC. The summed E-state index contributed by atoms with van der Waals surface area (Å²) >= 11 is 0.840. The lowest BCUT2D eigenvalue weighted by molar-refractivity contribution is -0.138. The van der Waals surface area contributed by atoms with E-state index in [4.69, 9.17) is 10.5 Å². The Morgan fingerprint density at radius 3 is 2.66 bits per heavy atom. The molecule has 2 aromatic rings. The highest BCUT2D eigenvalue weighted by atomic mass is 32.1. The van der Waals surface area contributed by atoms with Gasteiger partial charge in [-0.3, -0.25) is 9.79 Å². The number of ketones is 1. The maximum absolute atomic E-state index is 13.8. The van der Waals surface area contributed by atoms with Crippen molar-refractivity contribution < 1.29 is 23.1 Å². The van der Waals surface area contributed by atoms with Gasteiger partial charge in [-0.2, -0.15) is 0 Å². The number of hydrogen-bond donors (Lipinski definition) is 2. The minimum absolute atomic E-state index is 0.0942. The predicted molar refractivity (Wildman–Crippen MR) is 108 cm³/mol. The molecular weight excluding hydrogens is 402 g/mol. The first kappa shape index (κ1) is 21.9. The number of aliphatic imine (C=N–C) groups is 1. The van der Waals surface area contributed by atoms with E-state index in [9.17, 15) is 18.4 Å². The summed E-state index contributed by atoms with van der Waals surface area (Å²) in [6, 6.07) is 3.14. The van der Waals surface area contributed by atoms with E-state index in [-0.39, 0.29) is 28.1 Å². The Balaban J connectivity index is 2.16. The van der Waals surface area contributed by atoms with Crippen molar-refractivity contribution in [1.29, 1.82) is 0 Å². The molecule has 0 unspecified atom stereocenters. The van der Waals surface area contributed by atoms with Crippen LogP contribution in [0, 0.1) is 11.6 Å². The van der Waals surface area contributed by atoms with Crippen LogP contribution in [-0.2, 0) is 9.53 Å². The number of allylic oxidation sites excluding steroid dienone is 2. The van der Waals surface area contributed by atoms with E-state index in [0.717, 1.165) is 29.5 Å². The summed E-state index contributed by atoms with van der Waals surface area (Å²) in [5, 5.41) is 2.99. The topological polar surface area (TPSA) is 107 Å². The molecule has 0 aliphatic carbocycles. The number of ether oxygens (including phenoxy) is 1. The van der Waals surface area contributed by atoms with E-state index in [1.807, 2.05) is 0 Å². The molecule has 0 aliphatic rings. The van der Waals surface area contributed by atoms with Crippen molar-refractivity contribution in [3.63, 3.8) is 0 Å². The molecule has 0 bridgehead atoms. The second-order valence-electron chi connectivity index (χ2n) is 5.32. The number of hydrogen-bond acceptors (Lipinski definition) is 8. The quantitative estimate of drug-likeness (QED) is 0.222. The molecule has 0 radical (unpaired) electrons. The van der Waals surface area contributed by atoms with Gasteiger partial charge in [0.15, 0.2) is 5.13 Å². The van der Waals surface area contributed by atoms with Crippen LogP contribution in [0.15, 0.2) is 47.2 Å². The highest BCUT2D eigenvalue weighted by molar-refractivity contribution is 7.18. The zero-order valence-corrected chi connectivity index (χ0v) is 16.4. The average molecular weight is 420 g/mol. The summed E-state index contributed by atoms with van der Waals surface area (Å²) in [6.07, 6.45) is 5.78. The van der Waals surface area contributed by atoms with E-state index >= 15 is 0 Å². The number of nitrogen functional groups attached to an aromatic ring is 1. The first-order valence-corrected chi connectivity index (χ1v) is 9.24. The van der Waals surface area contributed by atoms with Gasteiger partial charge >= 0.3 is 5.97 Å². The van der Waals surface area contributed by atoms with E-state index < -0.39 is 29.0 Å². The Kier molecular flexibility index (Phi) is 7.72. The molecule has 1 heterocycles. The van der Waals surface area contributed by atoms with E-state index in [2.05, 4.69) is 15.3 Å². The van der Waals surface area contributed by atoms with Crippen LogP contribution in [0.2, 0.25) is 0 Å². The molecule has 1 aromatic carbocycles. The fourth-order valence-corrected chi connectivity index (χ4v) is 2.96. The Morgan fingerprint density at radius 2 is 2.03 bits per heavy atom. The van der Waals surface area contributed by atoms with Crippen LogP contribution < -0.4 is 11.1 Å². The van der Waals surface area contributed by atoms with E-state index in [1.54, 1.807) is 13.8 Å². The predicted octanol–water partition coefficient (Wildman–Crippen LogP) is 3.70. The molecular formula is C19H18F2N4O3S. The van der Waals surface area contributed by atoms with Crippen LogP contribution in [0.1, 0.15) is 29.1 Å². The lowest BCUT2D eigenvalue weighted by Crippen LogP contribution is -2.07. The molecule has 3 N–H and O–H groups in total. The van der Waals surface area contributed by atoms with Crippen molar-refractivity contribution in [2.24, 2.45) is 4.99 Å². The number of benzene rings is 1. The molecule has 2 rings (SSSR count). The molecule has 152 valence electrons. The third-order valence-corrected chi connectivity index (χ3v) is 4.36. The second-order valence-corrected chi connectivity index (χ2v) is 6.32. The number of halogens is 2. The first-order valence-electron chi connectivity index (χ1n) is 8.43. The number of anilines is 2. The molecule has 10 heteroatoms. The van der Waals surface area contributed by atoms with Gasteiger partial charge < -0.3 is 15.8 Å². The van der Waals surface area contributed by atoms with Gasteiger partial charge in [0, 0.05) is 12.4 Å². The highest BCUT2D eigenvalue weighted by Gasteiger charge is 2.23.